The van der Waals surface area contributed by atoms with Crippen LogP contribution in [0.15, 0.2) is 59.5 Å². The van der Waals surface area contributed by atoms with Crippen LogP contribution in [0.3, 0.4) is 0 Å². The number of rotatable bonds is 10. The lowest BCUT2D eigenvalue weighted by atomic mass is 10.0. The second kappa shape index (κ2) is 10.5. The van der Waals surface area contributed by atoms with Gasteiger partial charge >= 0.3 is 5.97 Å². The Morgan fingerprint density at radius 2 is 1.65 bits per heavy atom. The normalized spacial score (nSPS) is 10.7. The van der Waals surface area contributed by atoms with Crippen LogP contribution in [0.4, 0.5) is 0 Å². The molecule has 2 aromatic carbocycles. The zero-order valence-electron chi connectivity index (χ0n) is 17.5. The van der Waals surface area contributed by atoms with E-state index in [2.05, 4.69) is 21.9 Å². The molecular weight excluding hydrogens is 394 g/mol. The number of ketones is 2. The molecule has 160 valence electrons. The molecule has 31 heavy (non-hydrogen) atoms. The Balaban J connectivity index is 1.69. The molecule has 0 aliphatic carbocycles. The number of carbonyl (C=O) groups excluding carboxylic acids is 3. The van der Waals surface area contributed by atoms with Crippen molar-refractivity contribution in [1.29, 1.82) is 0 Å². The Bertz CT molecular complexity index is 1150. The Kier molecular flexibility index (Phi) is 7.49. The van der Waals surface area contributed by atoms with Crippen LogP contribution in [0, 0.1) is 0 Å². The van der Waals surface area contributed by atoms with Gasteiger partial charge in [0.2, 0.25) is 5.78 Å². The van der Waals surface area contributed by atoms with Crippen molar-refractivity contribution in [3.63, 3.8) is 0 Å². The molecule has 1 N–H and O–H groups in total. The first-order valence-electron chi connectivity index (χ1n) is 10.4. The highest BCUT2D eigenvalue weighted by atomic mass is 16.5. The number of H-pyrrole nitrogens is 1. The van der Waals surface area contributed by atoms with Gasteiger partial charge in [0, 0.05) is 17.1 Å². The van der Waals surface area contributed by atoms with E-state index < -0.39 is 29.4 Å². The molecule has 0 saturated carbocycles. The molecular formula is C25H25NO5. The summed E-state index contributed by atoms with van der Waals surface area (Å²) in [4.78, 5) is 51.4. The Morgan fingerprint density at radius 1 is 0.935 bits per heavy atom. The van der Waals surface area contributed by atoms with E-state index in [9.17, 15) is 19.2 Å². The smallest absolute Gasteiger partial charge is 0.375 e. The lowest BCUT2D eigenvalue weighted by Gasteiger charge is -2.06. The number of fused-ring (bicyclic) bond motifs is 1. The van der Waals surface area contributed by atoms with E-state index in [-0.39, 0.29) is 12.2 Å². The Morgan fingerprint density at radius 3 is 2.35 bits per heavy atom. The first-order valence-corrected chi connectivity index (χ1v) is 10.4. The van der Waals surface area contributed by atoms with Gasteiger partial charge in [-0.25, -0.2) is 4.79 Å². The van der Waals surface area contributed by atoms with Crippen LogP contribution in [0.2, 0.25) is 0 Å². The third kappa shape index (κ3) is 5.75. The van der Waals surface area contributed by atoms with Gasteiger partial charge in [-0.1, -0.05) is 36.4 Å². The molecule has 0 atom stereocenters. The van der Waals surface area contributed by atoms with Crippen LogP contribution in [0.1, 0.15) is 47.7 Å². The molecule has 0 unspecified atom stereocenters. The highest BCUT2D eigenvalue weighted by molar-refractivity contribution is 6.38. The summed E-state index contributed by atoms with van der Waals surface area (Å²) in [7, 11) is 0. The van der Waals surface area contributed by atoms with Crippen molar-refractivity contribution in [3.05, 3.63) is 81.6 Å². The van der Waals surface area contributed by atoms with Gasteiger partial charge in [-0.3, -0.25) is 14.4 Å². The summed E-state index contributed by atoms with van der Waals surface area (Å²) in [5, 5.41) is 0.398. The highest BCUT2D eigenvalue weighted by Gasteiger charge is 2.22. The number of hydrogen-bond donors (Lipinski definition) is 1. The molecule has 3 rings (SSSR count). The largest absolute Gasteiger partial charge is 0.460 e. The van der Waals surface area contributed by atoms with Crippen molar-refractivity contribution >= 4 is 28.4 Å². The van der Waals surface area contributed by atoms with E-state index in [0.29, 0.717) is 10.9 Å². The summed E-state index contributed by atoms with van der Waals surface area (Å²) in [6.45, 7) is 1.61. The van der Waals surface area contributed by atoms with Gasteiger partial charge in [-0.2, -0.15) is 0 Å². The monoisotopic (exact) mass is 419 g/mol. The molecule has 0 aliphatic rings. The number of nitrogens with one attached hydrogen (secondary N) is 1. The van der Waals surface area contributed by atoms with Crippen LogP contribution >= 0.6 is 0 Å². The van der Waals surface area contributed by atoms with Crippen molar-refractivity contribution in [2.24, 2.45) is 0 Å². The van der Waals surface area contributed by atoms with Gasteiger partial charge in [-0.05, 0) is 55.9 Å². The Labute approximate surface area is 180 Å². The van der Waals surface area contributed by atoms with Crippen LogP contribution in [0.5, 0.6) is 0 Å². The summed E-state index contributed by atoms with van der Waals surface area (Å²) >= 11 is 0. The van der Waals surface area contributed by atoms with E-state index in [1.54, 1.807) is 13.0 Å². The maximum Gasteiger partial charge on any atom is 0.375 e. The molecule has 0 fully saturated rings. The molecule has 0 amide bonds. The third-order valence-corrected chi connectivity index (χ3v) is 5.09. The van der Waals surface area contributed by atoms with Crippen molar-refractivity contribution in [2.75, 3.05) is 6.61 Å². The van der Waals surface area contributed by atoms with Gasteiger partial charge in [0.15, 0.2) is 11.2 Å². The topological polar surface area (TPSA) is 93.3 Å². The van der Waals surface area contributed by atoms with Gasteiger partial charge in [0.25, 0.3) is 0 Å². The van der Waals surface area contributed by atoms with Crippen molar-refractivity contribution in [1.82, 2.24) is 4.98 Å². The lowest BCUT2D eigenvalue weighted by Crippen LogP contribution is -2.24. The first-order chi connectivity index (χ1) is 15.0. The standard InChI is InChI=1S/C25H25NO5/c1-2-31-25(30)23(28)15-22(27)20-16-26-21-13-12-18(14-19(21)24(20)29)11-7-6-10-17-8-4-3-5-9-17/h3-5,8-9,12-14,16H,2,6-7,10-11,15H2,1H3,(H,26,29). The third-order valence-electron chi connectivity index (χ3n) is 5.09. The Hall–Kier alpha value is -3.54. The quantitative estimate of drug-likeness (QED) is 0.177. The number of ether oxygens (including phenoxy) is 1. The van der Waals surface area contributed by atoms with Gasteiger partial charge < -0.3 is 9.72 Å². The molecule has 0 radical (unpaired) electrons. The highest BCUT2D eigenvalue weighted by Crippen LogP contribution is 2.15. The summed E-state index contributed by atoms with van der Waals surface area (Å²) in [5.74, 6) is -2.72. The number of pyridine rings is 1. The maximum absolute atomic E-state index is 12.8. The molecule has 6 heteroatoms. The van der Waals surface area contributed by atoms with Crippen LogP contribution in [-0.4, -0.2) is 29.1 Å². The average Bonchev–Trinajstić information content (AvgIpc) is 2.78. The summed E-state index contributed by atoms with van der Waals surface area (Å²) in [5.41, 5.74) is 2.36. The van der Waals surface area contributed by atoms with E-state index >= 15 is 0 Å². The molecule has 0 saturated heterocycles. The fourth-order valence-corrected chi connectivity index (χ4v) is 3.46. The first kappa shape index (κ1) is 22.2. The van der Waals surface area contributed by atoms with Crippen molar-refractivity contribution < 1.29 is 19.1 Å². The number of aryl methyl sites for hydroxylation is 2. The number of Topliss-reactive ketones (excluding diaryl/α,β-unsaturated/α-hetero) is 2. The van der Waals surface area contributed by atoms with Gasteiger partial charge in [-0.15, -0.1) is 0 Å². The zero-order chi connectivity index (χ0) is 22.2. The minimum atomic E-state index is -1.06. The molecule has 0 aliphatic heterocycles. The van der Waals surface area contributed by atoms with Crippen molar-refractivity contribution in [3.8, 4) is 0 Å². The van der Waals surface area contributed by atoms with E-state index in [0.717, 1.165) is 31.2 Å². The molecule has 0 spiro atoms. The number of benzene rings is 2. The van der Waals surface area contributed by atoms with E-state index in [4.69, 9.17) is 0 Å². The number of carbonyl (C=O) groups is 3. The molecule has 3 aromatic rings. The fraction of sp³-hybridized carbons (Fsp3) is 0.280. The predicted octanol–water partition coefficient (Wildman–Crippen LogP) is 3.80. The number of aromatic nitrogens is 1. The van der Waals surface area contributed by atoms with Crippen LogP contribution in [-0.2, 0) is 27.2 Å². The lowest BCUT2D eigenvalue weighted by molar-refractivity contribution is -0.153. The van der Waals surface area contributed by atoms with Gasteiger partial charge in [0.05, 0.1) is 18.6 Å². The second-order valence-corrected chi connectivity index (χ2v) is 7.35. The van der Waals surface area contributed by atoms with E-state index in [1.807, 2.05) is 30.3 Å². The number of aromatic amines is 1. The fourth-order valence-electron chi connectivity index (χ4n) is 3.46. The summed E-state index contributed by atoms with van der Waals surface area (Å²) < 4.78 is 4.60. The van der Waals surface area contributed by atoms with Crippen molar-refractivity contribution in [2.45, 2.75) is 39.0 Å². The van der Waals surface area contributed by atoms with E-state index in [1.165, 1.54) is 11.8 Å². The average molecular weight is 419 g/mol. The molecule has 0 bridgehead atoms. The van der Waals surface area contributed by atoms with Gasteiger partial charge in [0.1, 0.15) is 0 Å². The molecule has 6 nitrogen and oxygen atoms in total. The SMILES string of the molecule is CCOC(=O)C(=O)CC(=O)c1c[nH]c2ccc(CCCCc3ccccc3)cc2c1=O. The number of unbranched alkanes of at least 4 members (excludes halogenated alkanes) is 1. The molecule has 1 heterocycles. The molecule has 1 aromatic heterocycles. The summed E-state index contributed by atoms with van der Waals surface area (Å²) in [6, 6.07) is 15.9. The second-order valence-electron chi connectivity index (χ2n) is 7.35. The predicted molar refractivity (Wildman–Crippen MR) is 118 cm³/mol. The number of esters is 1. The number of hydrogen-bond acceptors (Lipinski definition) is 5. The minimum Gasteiger partial charge on any atom is -0.460 e. The minimum absolute atomic E-state index is 0.0451. The maximum atomic E-state index is 12.8. The van der Waals surface area contributed by atoms with Crippen LogP contribution in [0.25, 0.3) is 10.9 Å². The summed E-state index contributed by atoms with van der Waals surface area (Å²) in [6.07, 6.45) is 4.44. The zero-order valence-corrected chi connectivity index (χ0v) is 17.5. The van der Waals surface area contributed by atoms with Crippen LogP contribution < -0.4 is 5.43 Å².